The average Bonchev–Trinajstić information content (AvgIpc) is 2.54. The van der Waals surface area contributed by atoms with Gasteiger partial charge < -0.3 is 0 Å². The van der Waals surface area contributed by atoms with Gasteiger partial charge in [0.05, 0.1) is 18.8 Å². The Morgan fingerprint density at radius 1 is 1.14 bits per heavy atom. The van der Waals surface area contributed by atoms with E-state index in [1.54, 1.807) is 11.3 Å². The largest absolute Gasteiger partial charge is 0.294 e. The quantitative estimate of drug-likeness (QED) is 0.677. The second-order valence-corrected chi connectivity index (χ2v) is 5.06. The molecule has 0 aliphatic heterocycles. The molecule has 0 saturated heterocycles. The van der Waals surface area contributed by atoms with Gasteiger partial charge in [-0.1, -0.05) is 36.4 Å². The van der Waals surface area contributed by atoms with Crippen LogP contribution < -0.4 is 5.56 Å². The molecule has 0 atom stereocenters. The predicted molar refractivity (Wildman–Crippen MR) is 84.2 cm³/mol. The van der Waals surface area contributed by atoms with Crippen LogP contribution in [0.2, 0.25) is 0 Å². The van der Waals surface area contributed by atoms with Gasteiger partial charge in [-0.25, -0.2) is 4.98 Å². The standard InChI is InChI=1S/C17H17N3O2/c1-19(22-13-14-7-3-2-4-8-14)12-15-11-17(21)20-10-6-5-9-16(20)18-15/h2-11H,12-13H2,1H3. The van der Waals surface area contributed by atoms with Gasteiger partial charge in [0.15, 0.2) is 0 Å². The Balaban J connectivity index is 1.69. The van der Waals surface area contributed by atoms with Crippen molar-refractivity contribution in [2.24, 2.45) is 0 Å². The third-order valence-electron chi connectivity index (χ3n) is 3.30. The Labute approximate surface area is 128 Å². The smallest absolute Gasteiger partial charge is 0.258 e. The molecule has 5 nitrogen and oxygen atoms in total. The van der Waals surface area contributed by atoms with E-state index < -0.39 is 0 Å². The number of hydrogen-bond donors (Lipinski definition) is 0. The summed E-state index contributed by atoms with van der Waals surface area (Å²) in [5, 5.41) is 1.69. The molecule has 0 radical (unpaired) electrons. The lowest BCUT2D eigenvalue weighted by molar-refractivity contribution is -0.158. The Hall–Kier alpha value is -2.50. The van der Waals surface area contributed by atoms with Gasteiger partial charge in [-0.15, -0.1) is 0 Å². The third kappa shape index (κ3) is 3.39. The minimum absolute atomic E-state index is 0.0861. The van der Waals surface area contributed by atoms with E-state index in [2.05, 4.69) is 4.98 Å². The van der Waals surface area contributed by atoms with Crippen molar-refractivity contribution in [2.75, 3.05) is 7.05 Å². The van der Waals surface area contributed by atoms with Gasteiger partial charge in [-0.2, -0.15) is 5.06 Å². The summed E-state index contributed by atoms with van der Waals surface area (Å²) in [6, 6.07) is 17.0. The zero-order chi connectivity index (χ0) is 15.4. The summed E-state index contributed by atoms with van der Waals surface area (Å²) in [4.78, 5) is 22.2. The zero-order valence-electron chi connectivity index (χ0n) is 12.3. The van der Waals surface area contributed by atoms with Crippen LogP contribution in [0.5, 0.6) is 0 Å². The molecule has 3 rings (SSSR count). The van der Waals surface area contributed by atoms with E-state index in [9.17, 15) is 4.79 Å². The maximum Gasteiger partial charge on any atom is 0.258 e. The number of hydrogen-bond acceptors (Lipinski definition) is 4. The van der Waals surface area contributed by atoms with E-state index >= 15 is 0 Å². The van der Waals surface area contributed by atoms with Crippen molar-refractivity contribution in [3.8, 4) is 0 Å². The van der Waals surface area contributed by atoms with E-state index in [-0.39, 0.29) is 5.56 Å². The van der Waals surface area contributed by atoms with Crippen molar-refractivity contribution in [1.82, 2.24) is 14.4 Å². The minimum Gasteiger partial charge on any atom is -0.294 e. The van der Waals surface area contributed by atoms with Crippen LogP contribution >= 0.6 is 0 Å². The summed E-state index contributed by atoms with van der Waals surface area (Å²) in [5.74, 6) is 0. The lowest BCUT2D eigenvalue weighted by Crippen LogP contribution is -2.22. The van der Waals surface area contributed by atoms with Crippen molar-refractivity contribution in [2.45, 2.75) is 13.2 Å². The van der Waals surface area contributed by atoms with Crippen LogP contribution in [0, 0.1) is 0 Å². The Morgan fingerprint density at radius 2 is 1.91 bits per heavy atom. The molecule has 0 saturated carbocycles. The number of pyridine rings is 1. The van der Waals surface area contributed by atoms with Gasteiger partial charge in [0.25, 0.3) is 5.56 Å². The van der Waals surface area contributed by atoms with Gasteiger partial charge in [0.1, 0.15) is 5.65 Å². The lowest BCUT2D eigenvalue weighted by atomic mass is 10.2. The van der Waals surface area contributed by atoms with Crippen LogP contribution in [0.1, 0.15) is 11.3 Å². The number of rotatable bonds is 5. The van der Waals surface area contributed by atoms with Gasteiger partial charge in [0, 0.05) is 19.3 Å². The van der Waals surface area contributed by atoms with E-state index in [0.717, 1.165) is 5.56 Å². The molecular formula is C17H17N3O2. The number of hydroxylamine groups is 2. The number of aromatic nitrogens is 2. The second kappa shape index (κ2) is 6.51. The van der Waals surface area contributed by atoms with Gasteiger partial charge in [0.2, 0.25) is 0 Å². The fourth-order valence-corrected chi connectivity index (χ4v) is 2.22. The first-order valence-electron chi connectivity index (χ1n) is 7.08. The minimum atomic E-state index is -0.0861. The summed E-state index contributed by atoms with van der Waals surface area (Å²) < 4.78 is 1.52. The van der Waals surface area contributed by atoms with Crippen LogP contribution in [0.4, 0.5) is 0 Å². The van der Waals surface area contributed by atoms with Crippen molar-refractivity contribution >= 4 is 5.65 Å². The summed E-state index contributed by atoms with van der Waals surface area (Å²) >= 11 is 0. The first-order valence-corrected chi connectivity index (χ1v) is 7.08. The summed E-state index contributed by atoms with van der Waals surface area (Å²) in [5.41, 5.74) is 2.34. The third-order valence-corrected chi connectivity index (χ3v) is 3.30. The van der Waals surface area contributed by atoms with Gasteiger partial charge in [-0.05, 0) is 17.7 Å². The Kier molecular flexibility index (Phi) is 4.27. The highest BCUT2D eigenvalue weighted by molar-refractivity contribution is 5.37. The van der Waals surface area contributed by atoms with Crippen LogP contribution in [0.25, 0.3) is 5.65 Å². The first-order chi connectivity index (χ1) is 10.7. The summed E-state index contributed by atoms with van der Waals surface area (Å²) in [6.45, 7) is 0.942. The molecule has 3 aromatic rings. The molecule has 0 fully saturated rings. The van der Waals surface area contributed by atoms with E-state index in [0.29, 0.717) is 24.5 Å². The molecular weight excluding hydrogens is 278 g/mol. The SMILES string of the molecule is CN(Cc1cc(=O)n2ccccc2n1)OCc1ccccc1. The van der Waals surface area contributed by atoms with E-state index in [1.807, 2.05) is 55.6 Å². The van der Waals surface area contributed by atoms with Gasteiger partial charge in [-0.3, -0.25) is 14.0 Å². The predicted octanol–water partition coefficient (Wildman–Crippen LogP) is 2.26. The molecule has 0 spiro atoms. The number of benzene rings is 1. The van der Waals surface area contributed by atoms with Gasteiger partial charge >= 0.3 is 0 Å². The maximum absolute atomic E-state index is 12.0. The summed E-state index contributed by atoms with van der Waals surface area (Å²) in [6.07, 6.45) is 1.71. The van der Waals surface area contributed by atoms with Crippen LogP contribution in [-0.4, -0.2) is 21.5 Å². The molecule has 2 aromatic heterocycles. The molecule has 2 heterocycles. The molecule has 112 valence electrons. The van der Waals surface area contributed by atoms with Crippen LogP contribution in [-0.2, 0) is 18.0 Å². The normalized spacial score (nSPS) is 11.2. The fraction of sp³-hybridized carbons (Fsp3) is 0.176. The first kappa shape index (κ1) is 14.4. The molecule has 1 aromatic carbocycles. The molecule has 0 aliphatic carbocycles. The van der Waals surface area contributed by atoms with Crippen LogP contribution in [0.3, 0.4) is 0 Å². The highest BCUT2D eigenvalue weighted by atomic mass is 16.7. The average molecular weight is 295 g/mol. The number of fused-ring (bicyclic) bond motifs is 1. The zero-order valence-corrected chi connectivity index (χ0v) is 12.3. The number of nitrogens with zero attached hydrogens (tertiary/aromatic N) is 3. The highest BCUT2D eigenvalue weighted by Crippen LogP contribution is 2.05. The Morgan fingerprint density at radius 3 is 2.73 bits per heavy atom. The molecule has 22 heavy (non-hydrogen) atoms. The maximum atomic E-state index is 12.0. The fourth-order valence-electron chi connectivity index (χ4n) is 2.22. The van der Waals surface area contributed by atoms with Crippen molar-refractivity contribution in [1.29, 1.82) is 0 Å². The van der Waals surface area contributed by atoms with Crippen LogP contribution in [0.15, 0.2) is 65.6 Å². The second-order valence-electron chi connectivity index (χ2n) is 5.06. The van der Waals surface area contributed by atoms with Crippen molar-refractivity contribution < 1.29 is 4.84 Å². The van der Waals surface area contributed by atoms with E-state index in [1.165, 1.54) is 10.5 Å². The molecule has 0 unspecified atom stereocenters. The van der Waals surface area contributed by atoms with Crippen molar-refractivity contribution in [3.05, 3.63) is 82.4 Å². The van der Waals surface area contributed by atoms with Crippen molar-refractivity contribution in [3.63, 3.8) is 0 Å². The van der Waals surface area contributed by atoms with E-state index in [4.69, 9.17) is 4.84 Å². The lowest BCUT2D eigenvalue weighted by Gasteiger charge is -2.16. The highest BCUT2D eigenvalue weighted by Gasteiger charge is 2.06. The summed E-state index contributed by atoms with van der Waals surface area (Å²) in [7, 11) is 1.83. The molecule has 0 N–H and O–H groups in total. The molecule has 5 heteroatoms. The topological polar surface area (TPSA) is 46.8 Å². The Bertz CT molecular complexity index is 815. The monoisotopic (exact) mass is 295 g/mol. The molecule has 0 amide bonds. The molecule has 0 bridgehead atoms. The molecule has 0 aliphatic rings.